The number of amides is 1. The van der Waals surface area contributed by atoms with Crippen LogP contribution in [0.2, 0.25) is 0 Å². The maximum atomic E-state index is 12.6. The Bertz CT molecular complexity index is 944. The van der Waals surface area contributed by atoms with Crippen molar-refractivity contribution in [3.8, 4) is 11.4 Å². The Morgan fingerprint density at radius 2 is 2.07 bits per heavy atom. The van der Waals surface area contributed by atoms with Gasteiger partial charge in [0.2, 0.25) is 11.9 Å². The van der Waals surface area contributed by atoms with Gasteiger partial charge in [-0.2, -0.15) is 0 Å². The number of carbonyl (C=O) groups is 1. The van der Waals surface area contributed by atoms with Gasteiger partial charge in [0.05, 0.1) is 23.8 Å². The number of nitrogens with one attached hydrogen (secondary N) is 2. The van der Waals surface area contributed by atoms with Crippen molar-refractivity contribution in [2.45, 2.75) is 19.3 Å². The number of nitrogens with zero attached hydrogens (tertiary/aromatic N) is 2. The summed E-state index contributed by atoms with van der Waals surface area (Å²) in [6, 6.07) is 15.6. The van der Waals surface area contributed by atoms with Crippen LogP contribution in [0.5, 0.6) is 5.75 Å². The number of methoxy groups -OCH3 is 1. The Kier molecular flexibility index (Phi) is 5.07. The van der Waals surface area contributed by atoms with Crippen molar-refractivity contribution >= 4 is 22.9 Å². The molecule has 1 aliphatic rings. The summed E-state index contributed by atoms with van der Waals surface area (Å²) in [5.41, 5.74) is 2.61. The van der Waals surface area contributed by atoms with E-state index in [1.165, 1.54) is 0 Å². The first-order chi connectivity index (χ1) is 13.3. The Hall–Kier alpha value is -2.86. The molecular weight excluding hydrogens is 340 g/mol. The zero-order valence-electron chi connectivity index (χ0n) is 15.4. The third-order valence-corrected chi connectivity index (χ3v) is 5.08. The molecule has 0 spiro atoms. The van der Waals surface area contributed by atoms with Crippen LogP contribution in [0.1, 0.15) is 19.3 Å². The largest absolute Gasteiger partial charge is 0.495 e. The zero-order valence-corrected chi connectivity index (χ0v) is 15.4. The fourth-order valence-corrected chi connectivity index (χ4v) is 3.65. The third-order valence-electron chi connectivity index (χ3n) is 5.08. The minimum Gasteiger partial charge on any atom is -0.495 e. The molecular formula is C21H24N4O2. The van der Waals surface area contributed by atoms with E-state index in [0.29, 0.717) is 18.3 Å². The lowest BCUT2D eigenvalue weighted by Gasteiger charge is -2.14. The molecule has 2 N–H and O–H groups in total. The highest BCUT2D eigenvalue weighted by molar-refractivity contribution is 5.92. The zero-order chi connectivity index (χ0) is 18.6. The predicted molar refractivity (Wildman–Crippen MR) is 106 cm³/mol. The van der Waals surface area contributed by atoms with Gasteiger partial charge >= 0.3 is 0 Å². The molecule has 1 aromatic heterocycles. The maximum Gasteiger partial charge on any atom is 0.226 e. The molecule has 6 nitrogen and oxygen atoms in total. The molecule has 1 aliphatic heterocycles. The topological polar surface area (TPSA) is 68.2 Å². The number of rotatable bonds is 6. The van der Waals surface area contributed by atoms with E-state index in [9.17, 15) is 4.79 Å². The Morgan fingerprint density at radius 3 is 2.89 bits per heavy atom. The molecule has 1 fully saturated rings. The van der Waals surface area contributed by atoms with Crippen molar-refractivity contribution in [1.82, 2.24) is 14.9 Å². The second kappa shape index (κ2) is 7.80. The lowest BCUT2D eigenvalue weighted by molar-refractivity contribution is -0.116. The van der Waals surface area contributed by atoms with Crippen LogP contribution in [-0.4, -0.2) is 35.7 Å². The maximum absolute atomic E-state index is 12.6. The van der Waals surface area contributed by atoms with Crippen LogP contribution in [0.4, 0.5) is 5.95 Å². The number of aromatic nitrogens is 2. The van der Waals surface area contributed by atoms with Crippen LogP contribution < -0.4 is 15.4 Å². The van der Waals surface area contributed by atoms with Crippen LogP contribution in [0.3, 0.4) is 0 Å². The van der Waals surface area contributed by atoms with Crippen molar-refractivity contribution in [3.63, 3.8) is 0 Å². The fraction of sp³-hybridized carbons (Fsp3) is 0.333. The van der Waals surface area contributed by atoms with Crippen LogP contribution >= 0.6 is 0 Å². The molecule has 4 rings (SSSR count). The van der Waals surface area contributed by atoms with Gasteiger partial charge in [-0.3, -0.25) is 14.7 Å². The highest BCUT2D eigenvalue weighted by Gasteiger charge is 2.19. The second-order valence-electron chi connectivity index (χ2n) is 6.88. The Balaban J connectivity index is 1.65. The number of hydrogen-bond acceptors (Lipinski definition) is 4. The standard InChI is InChI=1S/C21H24N4O2/c1-27-19-9-5-4-8-18(19)25-17-7-3-2-6-16(17)23-21(25)24-20(26)11-10-15-12-13-22-14-15/h2-9,15,22H,10-14H2,1H3,(H,23,24,26). The average molecular weight is 364 g/mol. The quantitative estimate of drug-likeness (QED) is 0.704. The summed E-state index contributed by atoms with van der Waals surface area (Å²) >= 11 is 0. The Morgan fingerprint density at radius 1 is 1.26 bits per heavy atom. The van der Waals surface area contributed by atoms with E-state index in [-0.39, 0.29) is 5.91 Å². The van der Waals surface area contributed by atoms with E-state index in [2.05, 4.69) is 15.6 Å². The minimum absolute atomic E-state index is 0.00615. The molecule has 1 saturated heterocycles. The molecule has 0 aliphatic carbocycles. The first-order valence-corrected chi connectivity index (χ1v) is 9.37. The number of imidazole rings is 1. The van der Waals surface area contributed by atoms with E-state index in [4.69, 9.17) is 4.74 Å². The first kappa shape index (κ1) is 17.5. The van der Waals surface area contributed by atoms with Gasteiger partial charge in [-0.15, -0.1) is 0 Å². The number of fused-ring (bicyclic) bond motifs is 1. The third kappa shape index (κ3) is 3.66. The van der Waals surface area contributed by atoms with Crippen LogP contribution in [0, 0.1) is 5.92 Å². The molecule has 0 saturated carbocycles. The summed E-state index contributed by atoms with van der Waals surface area (Å²) < 4.78 is 7.47. The van der Waals surface area contributed by atoms with Crippen molar-refractivity contribution in [1.29, 1.82) is 0 Å². The molecule has 1 amide bonds. The summed E-state index contributed by atoms with van der Waals surface area (Å²) in [5.74, 6) is 1.83. The van der Waals surface area contributed by atoms with Crippen molar-refractivity contribution < 1.29 is 9.53 Å². The highest BCUT2D eigenvalue weighted by atomic mass is 16.5. The summed E-state index contributed by atoms with van der Waals surface area (Å²) in [4.78, 5) is 17.2. The minimum atomic E-state index is -0.00615. The Labute approximate surface area is 158 Å². The van der Waals surface area contributed by atoms with E-state index >= 15 is 0 Å². The fourth-order valence-electron chi connectivity index (χ4n) is 3.65. The van der Waals surface area contributed by atoms with Crippen LogP contribution in [-0.2, 0) is 4.79 Å². The van der Waals surface area contributed by atoms with Crippen LogP contribution in [0.15, 0.2) is 48.5 Å². The highest BCUT2D eigenvalue weighted by Crippen LogP contribution is 2.30. The number of benzene rings is 2. The molecule has 1 atom stereocenters. The molecule has 3 aromatic rings. The van der Waals surface area contributed by atoms with Crippen LogP contribution in [0.25, 0.3) is 16.7 Å². The molecule has 27 heavy (non-hydrogen) atoms. The lowest BCUT2D eigenvalue weighted by atomic mass is 10.0. The van der Waals surface area contributed by atoms with Gasteiger partial charge in [0.25, 0.3) is 0 Å². The second-order valence-corrected chi connectivity index (χ2v) is 6.88. The van der Waals surface area contributed by atoms with Gasteiger partial charge in [0, 0.05) is 6.42 Å². The van der Waals surface area contributed by atoms with E-state index in [0.717, 1.165) is 48.4 Å². The number of ether oxygens (including phenoxy) is 1. The summed E-state index contributed by atoms with van der Waals surface area (Å²) in [6.07, 6.45) is 2.54. The predicted octanol–water partition coefficient (Wildman–Crippen LogP) is 3.36. The van der Waals surface area contributed by atoms with E-state index in [1.807, 2.05) is 53.1 Å². The molecule has 0 bridgehead atoms. The monoisotopic (exact) mass is 364 g/mol. The SMILES string of the molecule is COc1ccccc1-n1c(NC(=O)CCC2CCNC2)nc2ccccc21. The molecule has 6 heteroatoms. The van der Waals surface area contributed by atoms with Crippen molar-refractivity contribution in [3.05, 3.63) is 48.5 Å². The first-order valence-electron chi connectivity index (χ1n) is 9.37. The smallest absolute Gasteiger partial charge is 0.226 e. The van der Waals surface area contributed by atoms with Crippen molar-refractivity contribution in [2.24, 2.45) is 5.92 Å². The lowest BCUT2D eigenvalue weighted by Crippen LogP contribution is -2.17. The number of anilines is 1. The number of hydrogen-bond donors (Lipinski definition) is 2. The average Bonchev–Trinajstić information content (AvgIpc) is 3.33. The van der Waals surface area contributed by atoms with Gasteiger partial charge in [0.1, 0.15) is 5.75 Å². The molecule has 1 unspecified atom stereocenters. The molecule has 140 valence electrons. The van der Waals surface area contributed by atoms with Gasteiger partial charge in [-0.05, 0) is 56.1 Å². The van der Waals surface area contributed by atoms with E-state index in [1.54, 1.807) is 7.11 Å². The van der Waals surface area contributed by atoms with Gasteiger partial charge in [0.15, 0.2) is 0 Å². The van der Waals surface area contributed by atoms with Gasteiger partial charge in [-0.25, -0.2) is 4.98 Å². The molecule has 2 aromatic carbocycles. The van der Waals surface area contributed by atoms with E-state index < -0.39 is 0 Å². The van der Waals surface area contributed by atoms with Gasteiger partial charge in [-0.1, -0.05) is 24.3 Å². The summed E-state index contributed by atoms with van der Waals surface area (Å²) in [6.45, 7) is 2.06. The molecule has 2 heterocycles. The summed E-state index contributed by atoms with van der Waals surface area (Å²) in [5, 5.41) is 6.36. The summed E-state index contributed by atoms with van der Waals surface area (Å²) in [7, 11) is 1.64. The normalized spacial score (nSPS) is 16.6. The molecule has 0 radical (unpaired) electrons. The van der Waals surface area contributed by atoms with Gasteiger partial charge < -0.3 is 10.1 Å². The number of para-hydroxylation sites is 4. The number of carbonyl (C=O) groups excluding carboxylic acids is 1. The van der Waals surface area contributed by atoms with Crippen molar-refractivity contribution in [2.75, 3.05) is 25.5 Å².